The fourth-order valence-corrected chi connectivity index (χ4v) is 2.28. The minimum absolute atomic E-state index is 0.718. The minimum Gasteiger partial charge on any atom is -0.489 e. The second-order valence-electron chi connectivity index (χ2n) is 6.89. The van der Waals surface area contributed by atoms with Crippen LogP contribution < -0.4 is 10.2 Å². The number of alkyl halides is 17. The quantitative estimate of drug-likeness (QED) is 0.290. The largest absolute Gasteiger partial charge is 0.489 e. The molecule has 1 rings (SSSR count). The van der Waals surface area contributed by atoms with E-state index in [4.69, 9.17) is 0 Å². The molecule has 36 heavy (non-hydrogen) atoms. The summed E-state index contributed by atoms with van der Waals surface area (Å²) in [4.78, 5) is 11.4. The van der Waals surface area contributed by atoms with Crippen molar-refractivity contribution < 1.29 is 79.4 Å². The van der Waals surface area contributed by atoms with Crippen LogP contribution in [0.3, 0.4) is 0 Å². The van der Waals surface area contributed by atoms with Crippen molar-refractivity contribution in [3.05, 3.63) is 40.6 Å². The molecule has 0 aliphatic rings. The molecule has 0 spiro atoms. The molecule has 0 heterocycles. The Bertz CT molecular complexity index is 983. The summed E-state index contributed by atoms with van der Waals surface area (Å²) in [5.41, 5.74) is -1.11. The van der Waals surface area contributed by atoms with E-state index >= 15 is 0 Å². The van der Waals surface area contributed by atoms with Crippen molar-refractivity contribution in [1.82, 2.24) is 0 Å². The molecule has 0 amide bonds. The van der Waals surface area contributed by atoms with Crippen molar-refractivity contribution in [2.24, 2.45) is 0 Å². The molecule has 1 aromatic rings. The van der Waals surface area contributed by atoms with Gasteiger partial charge >= 0.3 is 47.6 Å². The Labute approximate surface area is 187 Å². The highest BCUT2D eigenvalue weighted by atomic mass is 19.4. The molecule has 0 radical (unpaired) electrons. The summed E-state index contributed by atoms with van der Waals surface area (Å²) < 4.78 is 228. The molecule has 2 nitrogen and oxygen atoms in total. The van der Waals surface area contributed by atoms with E-state index in [0.717, 1.165) is 30.3 Å². The van der Waals surface area contributed by atoms with Crippen LogP contribution in [-0.2, 0) is 0 Å². The Morgan fingerprint density at radius 3 is 1.36 bits per heavy atom. The van der Waals surface area contributed by atoms with Crippen LogP contribution in [0.5, 0.6) is 5.75 Å². The van der Waals surface area contributed by atoms with Crippen molar-refractivity contribution in [2.45, 2.75) is 54.1 Å². The summed E-state index contributed by atoms with van der Waals surface area (Å²) in [5, 5.41) is 0. The number of ether oxygens (including phenoxy) is 1. The topological polar surface area (TPSA) is 26.3 Å². The summed E-state index contributed by atoms with van der Waals surface area (Å²) in [5.74, 6) is -57.6. The Kier molecular flexibility index (Phi) is 7.98. The van der Waals surface area contributed by atoms with Crippen LogP contribution in [0.25, 0.3) is 0 Å². The lowest BCUT2D eigenvalue weighted by Crippen LogP contribution is -2.74. The highest BCUT2D eigenvalue weighted by Gasteiger charge is 2.95. The number of hydrogen-bond donors (Lipinski definition) is 0. The minimum atomic E-state index is -8.67. The van der Waals surface area contributed by atoms with Gasteiger partial charge in [0.1, 0.15) is 0 Å². The molecule has 0 N–H and O–H groups in total. The van der Waals surface area contributed by atoms with Gasteiger partial charge in [-0.3, -0.25) is 4.79 Å². The molecule has 0 aromatic heterocycles. The summed E-state index contributed by atoms with van der Waals surface area (Å²) in [6, 6.07) is 4.66. The lowest BCUT2D eigenvalue weighted by atomic mass is 9.88. The Morgan fingerprint density at radius 1 is 0.528 bits per heavy atom. The molecule has 208 valence electrons. The molecular formula is C17H9F17O2. The van der Waals surface area contributed by atoms with Gasteiger partial charge in [0.2, 0.25) is 5.43 Å². The van der Waals surface area contributed by atoms with E-state index in [2.05, 4.69) is 4.74 Å². The van der Waals surface area contributed by atoms with Crippen LogP contribution in [0.1, 0.15) is 6.42 Å². The number of hydrogen-bond acceptors (Lipinski definition) is 2. The van der Waals surface area contributed by atoms with Gasteiger partial charge in [0.25, 0.3) is 0 Å². The van der Waals surface area contributed by atoms with Crippen molar-refractivity contribution >= 4 is 0 Å². The molecule has 0 saturated heterocycles. The standard InChI is InChI=1S/C17H9F17O2/c18-10(19,6-7-36-9-5-3-1-2-4-8(9)35)11(20,21)12(22,23)13(24,25)14(26,27)15(28,29)16(30,31)17(32,33)34/h1-5H,6-7H2. The average molecular weight is 568 g/mol. The first-order valence-corrected chi connectivity index (χ1v) is 8.67. The van der Waals surface area contributed by atoms with E-state index in [0.29, 0.717) is 0 Å². The molecule has 1 aromatic carbocycles. The average Bonchev–Trinajstić information content (AvgIpc) is 2.90. The lowest BCUT2D eigenvalue weighted by molar-refractivity contribution is -0.461. The first-order valence-electron chi connectivity index (χ1n) is 8.67. The van der Waals surface area contributed by atoms with Crippen molar-refractivity contribution in [3.8, 4) is 5.75 Å². The first-order chi connectivity index (χ1) is 15.7. The zero-order valence-corrected chi connectivity index (χ0v) is 16.5. The van der Waals surface area contributed by atoms with Gasteiger partial charge in [0, 0.05) is 0 Å². The molecule has 0 fully saturated rings. The van der Waals surface area contributed by atoms with Crippen LogP contribution in [0.15, 0.2) is 35.1 Å². The van der Waals surface area contributed by atoms with E-state index < -0.39 is 71.8 Å². The third kappa shape index (κ3) is 4.64. The first kappa shape index (κ1) is 31.5. The smallest absolute Gasteiger partial charge is 0.460 e. The third-order valence-corrected chi connectivity index (χ3v) is 4.42. The van der Waals surface area contributed by atoms with Crippen molar-refractivity contribution in [3.63, 3.8) is 0 Å². The lowest BCUT2D eigenvalue weighted by Gasteiger charge is -2.42. The molecule has 0 bridgehead atoms. The van der Waals surface area contributed by atoms with E-state index in [1.165, 1.54) is 0 Å². The maximum atomic E-state index is 13.7. The van der Waals surface area contributed by atoms with Gasteiger partial charge < -0.3 is 4.74 Å². The normalized spacial score (nSPS) is 15.1. The second-order valence-corrected chi connectivity index (χ2v) is 6.89. The maximum Gasteiger partial charge on any atom is 0.460 e. The van der Waals surface area contributed by atoms with Gasteiger partial charge in [-0.1, -0.05) is 18.2 Å². The molecule has 19 heteroatoms. The highest BCUT2D eigenvalue weighted by Crippen LogP contribution is 2.64. The van der Waals surface area contributed by atoms with Gasteiger partial charge in [-0.15, -0.1) is 0 Å². The van der Waals surface area contributed by atoms with Gasteiger partial charge in [-0.2, -0.15) is 74.6 Å². The molecule has 0 saturated carbocycles. The summed E-state index contributed by atoms with van der Waals surface area (Å²) in [6.45, 7) is -1.89. The van der Waals surface area contributed by atoms with Crippen LogP contribution in [0.2, 0.25) is 0 Å². The second kappa shape index (κ2) is 9.11. The molecular weight excluding hydrogens is 559 g/mol. The molecule has 0 atom stereocenters. The van der Waals surface area contributed by atoms with E-state index in [1.54, 1.807) is 0 Å². The summed E-state index contributed by atoms with van der Waals surface area (Å²) in [7, 11) is 0. The fraction of sp³-hybridized carbons (Fsp3) is 0.588. The van der Waals surface area contributed by atoms with Crippen LogP contribution in [0.4, 0.5) is 74.6 Å². The molecule has 0 aliphatic heterocycles. The maximum absolute atomic E-state index is 13.7. The van der Waals surface area contributed by atoms with Gasteiger partial charge in [0.05, 0.1) is 13.0 Å². The van der Waals surface area contributed by atoms with E-state index in [-0.39, 0.29) is 0 Å². The van der Waals surface area contributed by atoms with E-state index in [9.17, 15) is 79.4 Å². The number of rotatable bonds is 10. The van der Waals surface area contributed by atoms with Gasteiger partial charge in [-0.25, -0.2) is 0 Å². The molecule has 0 aliphatic carbocycles. The zero-order chi connectivity index (χ0) is 28.8. The van der Waals surface area contributed by atoms with E-state index in [1.807, 2.05) is 0 Å². The summed E-state index contributed by atoms with van der Waals surface area (Å²) in [6.07, 6.45) is -10.6. The monoisotopic (exact) mass is 568 g/mol. The SMILES string of the molecule is O=c1cccccc1OCCC(F)(F)C(F)(F)C(F)(F)C(F)(F)C(F)(F)C(F)(F)C(F)(F)C(F)(F)F. The van der Waals surface area contributed by atoms with Crippen LogP contribution in [-0.4, -0.2) is 54.2 Å². The zero-order valence-electron chi connectivity index (χ0n) is 16.5. The van der Waals surface area contributed by atoms with Crippen molar-refractivity contribution in [2.75, 3.05) is 6.61 Å². The van der Waals surface area contributed by atoms with Crippen LogP contribution >= 0.6 is 0 Å². The molecule has 0 unspecified atom stereocenters. The summed E-state index contributed by atoms with van der Waals surface area (Å²) >= 11 is 0. The Balaban J connectivity index is 3.39. The number of halogens is 17. The predicted molar refractivity (Wildman–Crippen MR) is 83.5 cm³/mol. The van der Waals surface area contributed by atoms with Crippen molar-refractivity contribution in [1.29, 1.82) is 0 Å². The predicted octanol–water partition coefficient (Wildman–Crippen LogP) is 6.83. The third-order valence-electron chi connectivity index (χ3n) is 4.42. The van der Waals surface area contributed by atoms with Gasteiger partial charge in [0.15, 0.2) is 5.75 Å². The fourth-order valence-electron chi connectivity index (χ4n) is 2.28. The van der Waals surface area contributed by atoms with Crippen LogP contribution in [0, 0.1) is 0 Å². The highest BCUT2D eigenvalue weighted by molar-refractivity contribution is 5.20. The Morgan fingerprint density at radius 2 is 0.917 bits per heavy atom. The Hall–Kier alpha value is -2.50. The van der Waals surface area contributed by atoms with Gasteiger partial charge in [-0.05, 0) is 12.1 Å².